The summed E-state index contributed by atoms with van der Waals surface area (Å²) in [7, 11) is -2.94. The van der Waals surface area contributed by atoms with Crippen molar-refractivity contribution in [3.8, 4) is 0 Å². The molecule has 0 fully saturated rings. The average Bonchev–Trinajstić information content (AvgIpc) is 2.31. The van der Waals surface area contributed by atoms with Gasteiger partial charge in [-0.2, -0.15) is 0 Å². The molecule has 1 rings (SSSR count). The first kappa shape index (κ1) is 14.2. The molecule has 1 aromatic carbocycles. The minimum Gasteiger partial charge on any atom is -0.309 e. The van der Waals surface area contributed by atoms with Crippen LogP contribution in [-0.2, 0) is 13.6 Å². The molecule has 0 heterocycles. The Labute approximate surface area is 103 Å². The van der Waals surface area contributed by atoms with Gasteiger partial charge in [-0.3, -0.25) is 4.57 Å². The monoisotopic (exact) mass is 254 g/mol. The van der Waals surface area contributed by atoms with Crippen molar-refractivity contribution in [2.24, 2.45) is 0 Å². The maximum atomic E-state index is 12.1. The van der Waals surface area contributed by atoms with Crippen LogP contribution in [0.5, 0.6) is 0 Å². The molecule has 0 aromatic heterocycles. The van der Waals surface area contributed by atoms with E-state index in [2.05, 4.69) is 0 Å². The van der Waals surface area contributed by atoms with Gasteiger partial charge < -0.3 is 9.05 Å². The Morgan fingerprint density at radius 2 is 1.71 bits per heavy atom. The summed E-state index contributed by atoms with van der Waals surface area (Å²) in [6.07, 6.45) is 4.07. The van der Waals surface area contributed by atoms with E-state index in [1.165, 1.54) is 0 Å². The number of hydrogen-bond acceptors (Lipinski definition) is 3. The van der Waals surface area contributed by atoms with Crippen molar-refractivity contribution >= 4 is 13.7 Å². The fourth-order valence-electron chi connectivity index (χ4n) is 1.42. The fraction of sp³-hybridized carbons (Fsp3) is 0.385. The Kier molecular flexibility index (Phi) is 6.20. The van der Waals surface area contributed by atoms with Crippen molar-refractivity contribution in [3.05, 3.63) is 42.0 Å². The van der Waals surface area contributed by atoms with Crippen molar-refractivity contribution in [3.63, 3.8) is 0 Å². The second kappa shape index (κ2) is 7.44. The van der Waals surface area contributed by atoms with Crippen LogP contribution in [0.2, 0.25) is 0 Å². The zero-order chi connectivity index (χ0) is 12.6. The van der Waals surface area contributed by atoms with Crippen LogP contribution >= 0.6 is 7.60 Å². The predicted molar refractivity (Wildman–Crippen MR) is 71.2 cm³/mol. The van der Waals surface area contributed by atoms with Gasteiger partial charge in [0.15, 0.2) is 0 Å². The Bertz CT molecular complexity index is 377. The van der Waals surface area contributed by atoms with Crippen LogP contribution in [0.4, 0.5) is 0 Å². The van der Waals surface area contributed by atoms with Crippen molar-refractivity contribution in [1.82, 2.24) is 0 Å². The van der Waals surface area contributed by atoms with E-state index in [1.54, 1.807) is 0 Å². The summed E-state index contributed by atoms with van der Waals surface area (Å²) in [4.78, 5) is 0. The molecular formula is C13H19O3P. The van der Waals surface area contributed by atoms with Crippen LogP contribution in [0, 0.1) is 0 Å². The highest BCUT2D eigenvalue weighted by molar-refractivity contribution is 7.54. The van der Waals surface area contributed by atoms with Crippen molar-refractivity contribution in [2.45, 2.75) is 13.8 Å². The van der Waals surface area contributed by atoms with Crippen LogP contribution in [0.1, 0.15) is 19.4 Å². The minimum atomic E-state index is -2.94. The van der Waals surface area contributed by atoms with E-state index in [1.807, 2.05) is 56.3 Å². The summed E-state index contributed by atoms with van der Waals surface area (Å²) < 4.78 is 22.5. The number of hydrogen-bond donors (Lipinski definition) is 0. The van der Waals surface area contributed by atoms with Gasteiger partial charge in [-0.15, -0.1) is 0 Å². The first-order valence-corrected chi connectivity index (χ1v) is 7.52. The Morgan fingerprint density at radius 1 is 1.12 bits per heavy atom. The average molecular weight is 254 g/mol. The summed E-state index contributed by atoms with van der Waals surface area (Å²) in [6.45, 7) is 4.42. The first-order valence-electron chi connectivity index (χ1n) is 5.80. The smallest absolute Gasteiger partial charge is 0.309 e. The van der Waals surface area contributed by atoms with Crippen LogP contribution in [0.25, 0.3) is 6.08 Å². The maximum Gasteiger partial charge on any atom is 0.334 e. The molecule has 0 unspecified atom stereocenters. The molecule has 3 nitrogen and oxygen atoms in total. The predicted octanol–water partition coefficient (Wildman–Crippen LogP) is 3.97. The zero-order valence-electron chi connectivity index (χ0n) is 10.3. The molecule has 0 radical (unpaired) electrons. The SMILES string of the molecule is CCOP(=O)(C/C=C\c1ccccc1)OCC. The third-order valence-electron chi connectivity index (χ3n) is 2.09. The van der Waals surface area contributed by atoms with E-state index >= 15 is 0 Å². The van der Waals surface area contributed by atoms with Gasteiger partial charge in [0, 0.05) is 0 Å². The number of rotatable bonds is 7. The van der Waals surface area contributed by atoms with Gasteiger partial charge in [0.1, 0.15) is 0 Å². The van der Waals surface area contributed by atoms with Gasteiger partial charge in [0.25, 0.3) is 0 Å². The summed E-state index contributed by atoms with van der Waals surface area (Å²) in [5.74, 6) is 0. The van der Waals surface area contributed by atoms with Crippen LogP contribution in [0.15, 0.2) is 36.4 Å². The largest absolute Gasteiger partial charge is 0.334 e. The molecule has 0 saturated heterocycles. The van der Waals surface area contributed by atoms with Crippen LogP contribution in [-0.4, -0.2) is 19.4 Å². The Balaban J connectivity index is 2.58. The Hall–Kier alpha value is -0.890. The van der Waals surface area contributed by atoms with E-state index in [9.17, 15) is 4.57 Å². The molecule has 0 bridgehead atoms. The van der Waals surface area contributed by atoms with E-state index in [-0.39, 0.29) is 0 Å². The maximum absolute atomic E-state index is 12.1. The van der Waals surface area contributed by atoms with Gasteiger partial charge in [-0.1, -0.05) is 42.5 Å². The molecule has 0 aliphatic rings. The van der Waals surface area contributed by atoms with Crippen LogP contribution in [0.3, 0.4) is 0 Å². The van der Waals surface area contributed by atoms with Gasteiger partial charge in [-0.25, -0.2) is 0 Å². The molecule has 0 spiro atoms. The molecule has 0 N–H and O–H groups in total. The van der Waals surface area contributed by atoms with Crippen LogP contribution < -0.4 is 0 Å². The lowest BCUT2D eigenvalue weighted by Crippen LogP contribution is -1.98. The minimum absolute atomic E-state index is 0.309. The lowest BCUT2D eigenvalue weighted by atomic mass is 10.2. The zero-order valence-corrected chi connectivity index (χ0v) is 11.2. The lowest BCUT2D eigenvalue weighted by molar-refractivity contribution is 0.222. The molecule has 0 amide bonds. The molecule has 1 aromatic rings. The molecule has 4 heteroatoms. The number of benzene rings is 1. The summed E-state index contributed by atoms with van der Waals surface area (Å²) in [5.41, 5.74) is 1.08. The molecular weight excluding hydrogens is 235 g/mol. The second-order valence-corrected chi connectivity index (χ2v) is 5.55. The van der Waals surface area contributed by atoms with E-state index in [0.29, 0.717) is 19.4 Å². The summed E-state index contributed by atoms with van der Waals surface area (Å²) in [6, 6.07) is 9.86. The highest BCUT2D eigenvalue weighted by atomic mass is 31.2. The first-order chi connectivity index (χ1) is 8.20. The molecule has 0 atom stereocenters. The van der Waals surface area contributed by atoms with Gasteiger partial charge in [0.05, 0.1) is 19.4 Å². The van der Waals surface area contributed by atoms with Crippen molar-refractivity contribution in [2.75, 3.05) is 19.4 Å². The van der Waals surface area contributed by atoms with Gasteiger partial charge in [0.2, 0.25) is 0 Å². The molecule has 0 aliphatic carbocycles. The normalized spacial score (nSPS) is 12.1. The highest BCUT2D eigenvalue weighted by Gasteiger charge is 2.20. The lowest BCUT2D eigenvalue weighted by Gasteiger charge is -2.14. The van der Waals surface area contributed by atoms with Gasteiger partial charge in [-0.05, 0) is 19.4 Å². The standard InChI is InChI=1S/C13H19O3P/c1-3-15-17(14,16-4-2)12-8-11-13-9-6-5-7-10-13/h5-11H,3-4,12H2,1-2H3/b11-8-. The summed E-state index contributed by atoms with van der Waals surface area (Å²) in [5, 5.41) is 0. The third kappa shape index (κ3) is 5.31. The molecule has 0 saturated carbocycles. The molecule has 94 valence electrons. The van der Waals surface area contributed by atoms with Gasteiger partial charge >= 0.3 is 7.60 Å². The molecule has 17 heavy (non-hydrogen) atoms. The Morgan fingerprint density at radius 3 is 2.24 bits per heavy atom. The quantitative estimate of drug-likeness (QED) is 0.691. The van der Waals surface area contributed by atoms with Crippen molar-refractivity contribution in [1.29, 1.82) is 0 Å². The topological polar surface area (TPSA) is 35.5 Å². The van der Waals surface area contributed by atoms with E-state index in [0.717, 1.165) is 5.56 Å². The van der Waals surface area contributed by atoms with E-state index in [4.69, 9.17) is 9.05 Å². The second-order valence-electron chi connectivity index (χ2n) is 3.44. The van der Waals surface area contributed by atoms with Crippen molar-refractivity contribution < 1.29 is 13.6 Å². The van der Waals surface area contributed by atoms with E-state index < -0.39 is 7.60 Å². The highest BCUT2D eigenvalue weighted by Crippen LogP contribution is 2.47. The molecule has 0 aliphatic heterocycles. The number of allylic oxidation sites excluding steroid dienone is 1. The summed E-state index contributed by atoms with van der Waals surface area (Å²) >= 11 is 0. The third-order valence-corrected chi connectivity index (χ3v) is 4.05. The fourth-order valence-corrected chi connectivity index (χ4v) is 2.85.